The number of benzene rings is 2. The minimum atomic E-state index is -0.412. The van der Waals surface area contributed by atoms with E-state index >= 15 is 0 Å². The number of carbonyl (C=O) groups is 2. The highest BCUT2D eigenvalue weighted by atomic mass is 35.5. The molecule has 3 rings (SSSR count). The third kappa shape index (κ3) is 3.73. The van der Waals surface area contributed by atoms with Crippen LogP contribution in [-0.2, 0) is 0 Å². The zero-order valence-electron chi connectivity index (χ0n) is 14.2. The van der Waals surface area contributed by atoms with E-state index in [2.05, 4.69) is 20.8 Å². The van der Waals surface area contributed by atoms with Crippen LogP contribution in [0.3, 0.4) is 0 Å². The van der Waals surface area contributed by atoms with E-state index in [0.717, 1.165) is 0 Å². The molecule has 0 aliphatic heterocycles. The Hall–Kier alpha value is -3.19. The third-order valence-corrected chi connectivity index (χ3v) is 3.88. The van der Waals surface area contributed by atoms with Crippen LogP contribution in [-0.4, -0.2) is 33.9 Å². The smallest absolute Gasteiger partial charge is 0.278 e. The van der Waals surface area contributed by atoms with Crippen LogP contribution < -0.4 is 10.6 Å². The number of hydrogen-bond acceptors (Lipinski definition) is 4. The van der Waals surface area contributed by atoms with Crippen LogP contribution in [0.2, 0.25) is 5.02 Å². The Balaban J connectivity index is 1.84. The van der Waals surface area contributed by atoms with E-state index in [1.165, 1.54) is 4.80 Å². The highest BCUT2D eigenvalue weighted by molar-refractivity contribution is 6.30. The molecule has 3 aromatic rings. The Kier molecular flexibility index (Phi) is 4.99. The Morgan fingerprint density at radius 2 is 1.81 bits per heavy atom. The topological polar surface area (TPSA) is 88.9 Å². The van der Waals surface area contributed by atoms with Crippen molar-refractivity contribution in [1.29, 1.82) is 0 Å². The van der Waals surface area contributed by atoms with Crippen molar-refractivity contribution in [2.45, 2.75) is 6.92 Å². The summed E-state index contributed by atoms with van der Waals surface area (Å²) in [7, 11) is 1.55. The molecule has 132 valence electrons. The number of rotatable bonds is 4. The number of amides is 2. The molecule has 0 atom stereocenters. The van der Waals surface area contributed by atoms with Crippen LogP contribution in [0.25, 0.3) is 5.69 Å². The monoisotopic (exact) mass is 369 g/mol. The van der Waals surface area contributed by atoms with Crippen LogP contribution in [0.1, 0.15) is 26.5 Å². The molecular formula is C18H16ClN5O2. The second-order valence-electron chi connectivity index (χ2n) is 5.52. The van der Waals surface area contributed by atoms with Crippen molar-refractivity contribution in [3.63, 3.8) is 0 Å². The average molecular weight is 370 g/mol. The Bertz CT molecular complexity index is 983. The van der Waals surface area contributed by atoms with Gasteiger partial charge in [-0.2, -0.15) is 9.90 Å². The Morgan fingerprint density at radius 3 is 2.54 bits per heavy atom. The number of nitrogens with one attached hydrogen (secondary N) is 2. The van der Waals surface area contributed by atoms with Crippen molar-refractivity contribution >= 4 is 29.1 Å². The lowest BCUT2D eigenvalue weighted by Crippen LogP contribution is -2.18. The molecule has 0 radical (unpaired) electrons. The summed E-state index contributed by atoms with van der Waals surface area (Å²) in [5, 5.41) is 14.3. The SMILES string of the molecule is CNC(=O)c1cccc(NC(=O)c2nn(-c3cccc(Cl)c3)nc2C)c1. The molecule has 0 aliphatic carbocycles. The maximum Gasteiger partial charge on any atom is 0.278 e. The normalized spacial score (nSPS) is 10.4. The van der Waals surface area contributed by atoms with Gasteiger partial charge in [-0.05, 0) is 43.3 Å². The summed E-state index contributed by atoms with van der Waals surface area (Å²) >= 11 is 5.98. The van der Waals surface area contributed by atoms with Gasteiger partial charge >= 0.3 is 0 Å². The first-order chi connectivity index (χ1) is 12.5. The first-order valence-corrected chi connectivity index (χ1v) is 8.19. The molecule has 26 heavy (non-hydrogen) atoms. The summed E-state index contributed by atoms with van der Waals surface area (Å²) in [6.07, 6.45) is 0. The highest BCUT2D eigenvalue weighted by Crippen LogP contribution is 2.16. The molecule has 2 N–H and O–H groups in total. The lowest BCUT2D eigenvalue weighted by atomic mass is 10.2. The minimum absolute atomic E-state index is 0.190. The largest absolute Gasteiger partial charge is 0.355 e. The summed E-state index contributed by atoms with van der Waals surface area (Å²) in [6.45, 7) is 1.70. The predicted octanol–water partition coefficient (Wildman–Crippen LogP) is 2.84. The molecule has 0 aliphatic rings. The fourth-order valence-electron chi connectivity index (χ4n) is 2.38. The van der Waals surface area contributed by atoms with E-state index in [1.807, 2.05) is 0 Å². The maximum absolute atomic E-state index is 12.5. The standard InChI is InChI=1S/C18H16ClN5O2/c1-11-16(23-24(22-11)15-8-4-6-13(19)10-15)18(26)21-14-7-3-5-12(9-14)17(25)20-2/h3-10H,1-2H3,(H,20,25)(H,21,26). The van der Waals surface area contributed by atoms with Gasteiger partial charge in [-0.25, -0.2) is 0 Å². The van der Waals surface area contributed by atoms with Gasteiger partial charge in [0.25, 0.3) is 11.8 Å². The predicted molar refractivity (Wildman–Crippen MR) is 98.9 cm³/mol. The molecule has 1 heterocycles. The van der Waals surface area contributed by atoms with E-state index < -0.39 is 5.91 Å². The first-order valence-electron chi connectivity index (χ1n) is 7.81. The van der Waals surface area contributed by atoms with Gasteiger partial charge in [0.2, 0.25) is 0 Å². The van der Waals surface area contributed by atoms with E-state index in [0.29, 0.717) is 27.7 Å². The second-order valence-corrected chi connectivity index (χ2v) is 5.95. The Labute approximate surface area is 155 Å². The molecule has 0 fully saturated rings. The van der Waals surface area contributed by atoms with Crippen molar-refractivity contribution in [3.8, 4) is 5.69 Å². The second kappa shape index (κ2) is 7.37. The number of nitrogens with zero attached hydrogens (tertiary/aromatic N) is 3. The lowest BCUT2D eigenvalue weighted by molar-refractivity contribution is 0.0961. The summed E-state index contributed by atoms with van der Waals surface area (Å²) in [5.74, 6) is -0.644. The summed E-state index contributed by atoms with van der Waals surface area (Å²) in [4.78, 5) is 25.6. The maximum atomic E-state index is 12.5. The fourth-order valence-corrected chi connectivity index (χ4v) is 2.56. The average Bonchev–Trinajstić information content (AvgIpc) is 3.03. The molecular weight excluding hydrogens is 354 g/mol. The summed E-state index contributed by atoms with van der Waals surface area (Å²) in [5.41, 5.74) is 2.26. The van der Waals surface area contributed by atoms with Gasteiger partial charge in [-0.15, -0.1) is 5.10 Å². The van der Waals surface area contributed by atoms with Crippen LogP contribution in [0, 0.1) is 6.92 Å². The van der Waals surface area contributed by atoms with Crippen molar-refractivity contribution in [2.75, 3.05) is 12.4 Å². The lowest BCUT2D eigenvalue weighted by Gasteiger charge is -2.06. The number of carbonyl (C=O) groups excluding carboxylic acids is 2. The van der Waals surface area contributed by atoms with Crippen LogP contribution in [0.5, 0.6) is 0 Å². The van der Waals surface area contributed by atoms with Crippen molar-refractivity contribution < 1.29 is 9.59 Å². The number of aromatic nitrogens is 3. The highest BCUT2D eigenvalue weighted by Gasteiger charge is 2.17. The molecule has 7 nitrogen and oxygen atoms in total. The van der Waals surface area contributed by atoms with Crippen LogP contribution >= 0.6 is 11.6 Å². The van der Waals surface area contributed by atoms with E-state index in [4.69, 9.17) is 11.6 Å². The van der Waals surface area contributed by atoms with Gasteiger partial charge < -0.3 is 10.6 Å². The van der Waals surface area contributed by atoms with Crippen molar-refractivity contribution in [1.82, 2.24) is 20.3 Å². The number of anilines is 1. The number of hydrogen-bond donors (Lipinski definition) is 2. The van der Waals surface area contributed by atoms with Gasteiger partial charge in [0.05, 0.1) is 11.4 Å². The molecule has 0 bridgehead atoms. The van der Waals surface area contributed by atoms with E-state index in [9.17, 15) is 9.59 Å². The summed E-state index contributed by atoms with van der Waals surface area (Å²) < 4.78 is 0. The number of aryl methyl sites for hydroxylation is 1. The van der Waals surface area contributed by atoms with E-state index in [-0.39, 0.29) is 11.6 Å². The minimum Gasteiger partial charge on any atom is -0.355 e. The quantitative estimate of drug-likeness (QED) is 0.740. The molecule has 0 unspecified atom stereocenters. The Morgan fingerprint density at radius 1 is 1.04 bits per heavy atom. The zero-order chi connectivity index (χ0) is 18.7. The molecule has 1 aromatic heterocycles. The van der Waals surface area contributed by atoms with Crippen molar-refractivity contribution in [2.24, 2.45) is 0 Å². The molecule has 0 saturated carbocycles. The van der Waals surface area contributed by atoms with Gasteiger partial charge in [-0.1, -0.05) is 23.7 Å². The molecule has 2 aromatic carbocycles. The van der Waals surface area contributed by atoms with Gasteiger partial charge in [0.15, 0.2) is 5.69 Å². The third-order valence-electron chi connectivity index (χ3n) is 3.65. The van der Waals surface area contributed by atoms with E-state index in [1.54, 1.807) is 62.5 Å². The van der Waals surface area contributed by atoms with Gasteiger partial charge in [0.1, 0.15) is 0 Å². The molecule has 0 saturated heterocycles. The van der Waals surface area contributed by atoms with Crippen LogP contribution in [0.4, 0.5) is 5.69 Å². The zero-order valence-corrected chi connectivity index (χ0v) is 14.9. The summed E-state index contributed by atoms with van der Waals surface area (Å²) in [6, 6.07) is 13.7. The van der Waals surface area contributed by atoms with Gasteiger partial charge in [-0.3, -0.25) is 9.59 Å². The fraction of sp³-hybridized carbons (Fsp3) is 0.111. The molecule has 0 spiro atoms. The molecule has 2 amide bonds. The van der Waals surface area contributed by atoms with Gasteiger partial charge in [0, 0.05) is 23.3 Å². The van der Waals surface area contributed by atoms with Crippen LogP contribution in [0.15, 0.2) is 48.5 Å². The molecule has 8 heteroatoms. The first kappa shape index (κ1) is 17.6. The van der Waals surface area contributed by atoms with Crippen molar-refractivity contribution in [3.05, 3.63) is 70.5 Å². The number of halogens is 1.